The molecule has 3 nitrogen and oxygen atoms in total. The Kier molecular flexibility index (Phi) is 3.71. The summed E-state index contributed by atoms with van der Waals surface area (Å²) in [6.45, 7) is 2.20. The van der Waals surface area contributed by atoms with Crippen LogP contribution in [0, 0.1) is 11.9 Å². The minimum atomic E-state index is -0.616. The van der Waals surface area contributed by atoms with E-state index in [1.807, 2.05) is 0 Å². The molecule has 1 aliphatic rings. The van der Waals surface area contributed by atoms with Gasteiger partial charge in [-0.1, -0.05) is 19.8 Å². The van der Waals surface area contributed by atoms with Gasteiger partial charge in [-0.2, -0.15) is 4.39 Å². The van der Waals surface area contributed by atoms with Crippen LogP contribution in [-0.4, -0.2) is 16.9 Å². The van der Waals surface area contributed by atoms with Crippen LogP contribution in [0.15, 0.2) is 18.3 Å². The molecule has 2 rings (SSSR count). The Morgan fingerprint density at radius 3 is 3.06 bits per heavy atom. The largest absolute Gasteiger partial charge is 0.349 e. The van der Waals surface area contributed by atoms with Crippen molar-refractivity contribution in [2.24, 2.45) is 5.92 Å². The van der Waals surface area contributed by atoms with Crippen molar-refractivity contribution >= 4 is 5.91 Å². The first-order chi connectivity index (χ1) is 8.15. The fourth-order valence-electron chi connectivity index (χ4n) is 2.38. The summed E-state index contributed by atoms with van der Waals surface area (Å²) in [5.41, 5.74) is 0.343. The molecule has 0 spiro atoms. The van der Waals surface area contributed by atoms with Crippen molar-refractivity contribution in [2.75, 3.05) is 0 Å². The van der Waals surface area contributed by atoms with Gasteiger partial charge in [-0.05, 0) is 24.8 Å². The number of aromatic nitrogens is 1. The lowest BCUT2D eigenvalue weighted by Gasteiger charge is -2.27. The Labute approximate surface area is 100 Å². The second-order valence-corrected chi connectivity index (χ2v) is 4.81. The molecule has 0 radical (unpaired) electrons. The van der Waals surface area contributed by atoms with E-state index in [9.17, 15) is 9.18 Å². The first kappa shape index (κ1) is 12.0. The van der Waals surface area contributed by atoms with E-state index in [2.05, 4.69) is 17.2 Å². The Morgan fingerprint density at radius 1 is 1.53 bits per heavy atom. The van der Waals surface area contributed by atoms with Crippen molar-refractivity contribution < 1.29 is 9.18 Å². The molecule has 1 aromatic heterocycles. The molecule has 4 heteroatoms. The summed E-state index contributed by atoms with van der Waals surface area (Å²) in [7, 11) is 0. The molecule has 17 heavy (non-hydrogen) atoms. The zero-order valence-corrected chi connectivity index (χ0v) is 9.95. The molecule has 92 valence electrons. The van der Waals surface area contributed by atoms with E-state index in [1.54, 1.807) is 0 Å². The third-order valence-electron chi connectivity index (χ3n) is 3.26. The van der Waals surface area contributed by atoms with Gasteiger partial charge in [-0.25, -0.2) is 4.98 Å². The van der Waals surface area contributed by atoms with Gasteiger partial charge in [0, 0.05) is 23.9 Å². The number of nitrogens with zero attached hydrogens (tertiary/aromatic N) is 1. The molecule has 2 atom stereocenters. The quantitative estimate of drug-likeness (QED) is 0.802. The highest BCUT2D eigenvalue weighted by Crippen LogP contribution is 2.23. The molecule has 1 amide bonds. The molecule has 0 saturated heterocycles. The van der Waals surface area contributed by atoms with Gasteiger partial charge < -0.3 is 5.32 Å². The van der Waals surface area contributed by atoms with Crippen molar-refractivity contribution in [1.29, 1.82) is 0 Å². The van der Waals surface area contributed by atoms with E-state index < -0.39 is 5.95 Å². The number of rotatable bonds is 2. The van der Waals surface area contributed by atoms with Crippen LogP contribution in [0.5, 0.6) is 0 Å². The Hall–Kier alpha value is -1.45. The van der Waals surface area contributed by atoms with Crippen LogP contribution < -0.4 is 5.32 Å². The predicted molar refractivity (Wildman–Crippen MR) is 63.1 cm³/mol. The number of pyridine rings is 1. The topological polar surface area (TPSA) is 42.0 Å². The van der Waals surface area contributed by atoms with Gasteiger partial charge in [-0.15, -0.1) is 0 Å². The smallest absolute Gasteiger partial charge is 0.251 e. The maximum atomic E-state index is 12.9. The molecule has 1 heterocycles. The Balaban J connectivity index is 1.97. The summed E-state index contributed by atoms with van der Waals surface area (Å²) >= 11 is 0. The highest BCUT2D eigenvalue weighted by atomic mass is 19.1. The van der Waals surface area contributed by atoms with Crippen molar-refractivity contribution in [2.45, 2.75) is 38.6 Å². The number of halogens is 1. The number of hydrogen-bond donors (Lipinski definition) is 1. The lowest BCUT2D eigenvalue weighted by molar-refractivity contribution is 0.0920. The molecule has 1 aliphatic carbocycles. The lowest BCUT2D eigenvalue weighted by Crippen LogP contribution is -2.38. The van der Waals surface area contributed by atoms with Gasteiger partial charge in [0.15, 0.2) is 0 Å². The molecule has 0 aromatic carbocycles. The molecular weight excluding hydrogens is 219 g/mol. The molecule has 1 N–H and O–H groups in total. The highest BCUT2D eigenvalue weighted by Gasteiger charge is 2.20. The van der Waals surface area contributed by atoms with Crippen LogP contribution >= 0.6 is 0 Å². The van der Waals surface area contributed by atoms with Gasteiger partial charge >= 0.3 is 0 Å². The van der Waals surface area contributed by atoms with Crippen LogP contribution in [0.2, 0.25) is 0 Å². The maximum absolute atomic E-state index is 12.9. The zero-order valence-electron chi connectivity index (χ0n) is 9.95. The molecular formula is C13H17FN2O. The predicted octanol–water partition coefficient (Wildman–Crippen LogP) is 2.53. The highest BCUT2D eigenvalue weighted by molar-refractivity contribution is 5.94. The fraction of sp³-hybridized carbons (Fsp3) is 0.538. The SMILES string of the molecule is C[C@H]1CCC[C@@H](NC(=O)c2ccnc(F)c2)C1. The molecule has 1 saturated carbocycles. The summed E-state index contributed by atoms with van der Waals surface area (Å²) in [5.74, 6) is -0.164. The summed E-state index contributed by atoms with van der Waals surface area (Å²) in [6.07, 6.45) is 5.73. The Morgan fingerprint density at radius 2 is 2.35 bits per heavy atom. The number of hydrogen-bond acceptors (Lipinski definition) is 2. The number of carbonyl (C=O) groups excluding carboxylic acids is 1. The van der Waals surface area contributed by atoms with E-state index in [1.165, 1.54) is 24.8 Å². The summed E-state index contributed by atoms with van der Waals surface area (Å²) in [6, 6.07) is 2.93. The van der Waals surface area contributed by atoms with Gasteiger partial charge in [0.2, 0.25) is 5.95 Å². The van der Waals surface area contributed by atoms with Gasteiger partial charge in [0.25, 0.3) is 5.91 Å². The average molecular weight is 236 g/mol. The molecule has 0 aliphatic heterocycles. The van der Waals surface area contributed by atoms with E-state index >= 15 is 0 Å². The summed E-state index contributed by atoms with van der Waals surface area (Å²) in [5, 5.41) is 2.96. The zero-order chi connectivity index (χ0) is 12.3. The van der Waals surface area contributed by atoms with Gasteiger partial charge in [0.05, 0.1) is 0 Å². The second-order valence-electron chi connectivity index (χ2n) is 4.81. The van der Waals surface area contributed by atoms with E-state index in [0.717, 1.165) is 19.3 Å². The molecule has 0 unspecified atom stereocenters. The van der Waals surface area contributed by atoms with Crippen LogP contribution in [-0.2, 0) is 0 Å². The summed E-state index contributed by atoms with van der Waals surface area (Å²) in [4.78, 5) is 15.3. The lowest BCUT2D eigenvalue weighted by atomic mass is 9.87. The number of amides is 1. The normalized spacial score (nSPS) is 24.4. The first-order valence-electron chi connectivity index (χ1n) is 6.07. The van der Waals surface area contributed by atoms with E-state index in [-0.39, 0.29) is 11.9 Å². The third kappa shape index (κ3) is 3.25. The molecule has 1 fully saturated rings. The van der Waals surface area contributed by atoms with Crippen LogP contribution in [0.3, 0.4) is 0 Å². The van der Waals surface area contributed by atoms with E-state index in [4.69, 9.17) is 0 Å². The summed E-state index contributed by atoms with van der Waals surface area (Å²) < 4.78 is 12.9. The van der Waals surface area contributed by atoms with Crippen LogP contribution in [0.4, 0.5) is 4.39 Å². The van der Waals surface area contributed by atoms with Crippen LogP contribution in [0.1, 0.15) is 43.0 Å². The van der Waals surface area contributed by atoms with Crippen molar-refractivity contribution in [3.8, 4) is 0 Å². The fourth-order valence-corrected chi connectivity index (χ4v) is 2.38. The number of carbonyl (C=O) groups is 1. The maximum Gasteiger partial charge on any atom is 0.251 e. The van der Waals surface area contributed by atoms with Gasteiger partial charge in [-0.3, -0.25) is 4.79 Å². The van der Waals surface area contributed by atoms with Crippen molar-refractivity contribution in [1.82, 2.24) is 10.3 Å². The second kappa shape index (κ2) is 5.25. The minimum Gasteiger partial charge on any atom is -0.349 e. The van der Waals surface area contributed by atoms with Crippen molar-refractivity contribution in [3.63, 3.8) is 0 Å². The average Bonchev–Trinajstić information content (AvgIpc) is 2.29. The minimum absolute atomic E-state index is 0.203. The molecule has 0 bridgehead atoms. The van der Waals surface area contributed by atoms with E-state index in [0.29, 0.717) is 11.5 Å². The molecule has 1 aromatic rings. The van der Waals surface area contributed by atoms with Crippen molar-refractivity contribution in [3.05, 3.63) is 29.8 Å². The third-order valence-corrected chi connectivity index (χ3v) is 3.26. The number of nitrogens with one attached hydrogen (secondary N) is 1. The standard InChI is InChI=1S/C13H17FN2O/c1-9-3-2-4-11(7-9)16-13(17)10-5-6-15-12(14)8-10/h5-6,8-9,11H,2-4,7H2,1H3,(H,16,17)/t9-,11+/m0/s1. The van der Waals surface area contributed by atoms with Crippen LogP contribution in [0.25, 0.3) is 0 Å². The Bertz CT molecular complexity index is 408. The van der Waals surface area contributed by atoms with Gasteiger partial charge in [0.1, 0.15) is 0 Å². The monoisotopic (exact) mass is 236 g/mol. The first-order valence-corrected chi connectivity index (χ1v) is 6.07.